The monoisotopic (exact) mass is 502 g/mol. The lowest BCUT2D eigenvalue weighted by atomic mass is 10.1. The summed E-state index contributed by atoms with van der Waals surface area (Å²) in [6, 6.07) is 1.57. The normalized spacial score (nSPS) is 11.2. The maximum atomic E-state index is 11.7. The fraction of sp³-hybridized carbons (Fsp3) is 0.417. The van der Waals surface area contributed by atoms with E-state index in [0.717, 1.165) is 18.4 Å². The molecule has 0 bridgehead atoms. The molecule has 1 aromatic carbocycles. The molecule has 1 rings (SSSR count). The minimum Gasteiger partial charge on any atom is -0.366 e. The van der Waals surface area contributed by atoms with Gasteiger partial charge in [-0.15, -0.1) is 0 Å². The fourth-order valence-corrected chi connectivity index (χ4v) is 3.06. The Balaban J connectivity index is 3.49. The summed E-state index contributed by atoms with van der Waals surface area (Å²) in [5, 5.41) is 22.4. The van der Waals surface area contributed by atoms with Gasteiger partial charge in [0.25, 0.3) is 27.4 Å². The molecule has 0 spiro atoms. The number of hydrogen-bond donors (Lipinski definition) is 1. The summed E-state index contributed by atoms with van der Waals surface area (Å²) in [5.74, 6) is -1.09. The highest BCUT2D eigenvalue weighted by atomic mass is 127. The number of amides is 1. The average Bonchev–Trinajstić information content (AvgIpc) is 2.51. The third-order valence-electron chi connectivity index (χ3n) is 3.08. The van der Waals surface area contributed by atoms with Gasteiger partial charge in [0.05, 0.1) is 34.3 Å². The van der Waals surface area contributed by atoms with E-state index in [4.69, 9.17) is 5.73 Å². The third-order valence-corrected chi connectivity index (χ3v) is 4.15. The highest BCUT2D eigenvalue weighted by molar-refractivity contribution is 14.1. The van der Waals surface area contributed by atoms with Crippen molar-refractivity contribution in [2.45, 2.75) is 0 Å². The third kappa shape index (κ3) is 6.03. The standard InChI is InChI=1S/C12H15IN4O8S/c1-26(23,24)25-5-4-15(3-2-13)11-9(12(14)18)6-8(16(19)20)7-10(11)17(21)22/h6-7H,2-5H2,1H3,(H2,14,18). The number of halogens is 1. The van der Waals surface area contributed by atoms with E-state index in [-0.39, 0.29) is 25.4 Å². The number of carbonyl (C=O) groups excluding carboxylic acids is 1. The highest BCUT2D eigenvalue weighted by Crippen LogP contribution is 2.36. The minimum atomic E-state index is -3.73. The number of anilines is 1. The van der Waals surface area contributed by atoms with Crippen molar-refractivity contribution in [3.63, 3.8) is 0 Å². The van der Waals surface area contributed by atoms with Gasteiger partial charge in [-0.05, 0) is 0 Å². The van der Waals surface area contributed by atoms with Gasteiger partial charge in [-0.3, -0.25) is 29.2 Å². The lowest BCUT2D eigenvalue weighted by Crippen LogP contribution is -2.32. The summed E-state index contributed by atoms with van der Waals surface area (Å²) < 4.78 is 27.2. The van der Waals surface area contributed by atoms with Gasteiger partial charge in [-0.1, -0.05) is 22.6 Å². The number of primary amides is 1. The number of hydrogen-bond acceptors (Lipinski definition) is 9. The van der Waals surface area contributed by atoms with Crippen molar-refractivity contribution in [1.82, 2.24) is 0 Å². The Hall–Kier alpha value is -2.07. The zero-order valence-electron chi connectivity index (χ0n) is 13.5. The van der Waals surface area contributed by atoms with Crippen LogP contribution in [0.25, 0.3) is 0 Å². The van der Waals surface area contributed by atoms with Crippen LogP contribution in [0.2, 0.25) is 0 Å². The summed E-state index contributed by atoms with van der Waals surface area (Å²) in [4.78, 5) is 33.7. The predicted octanol–water partition coefficient (Wildman–Crippen LogP) is 0.820. The van der Waals surface area contributed by atoms with E-state index in [9.17, 15) is 33.4 Å². The van der Waals surface area contributed by atoms with Crippen molar-refractivity contribution in [2.24, 2.45) is 5.73 Å². The van der Waals surface area contributed by atoms with Crippen LogP contribution in [0.15, 0.2) is 12.1 Å². The Morgan fingerprint density at radius 1 is 1.27 bits per heavy atom. The molecule has 0 aliphatic carbocycles. The Morgan fingerprint density at radius 3 is 2.31 bits per heavy atom. The number of alkyl halides is 1. The zero-order chi connectivity index (χ0) is 20.1. The van der Waals surface area contributed by atoms with Gasteiger partial charge in [0.15, 0.2) is 0 Å². The first-order valence-electron chi connectivity index (χ1n) is 6.90. The Morgan fingerprint density at radius 2 is 1.88 bits per heavy atom. The molecule has 144 valence electrons. The van der Waals surface area contributed by atoms with Gasteiger partial charge in [-0.2, -0.15) is 8.42 Å². The van der Waals surface area contributed by atoms with E-state index in [1.807, 2.05) is 22.6 Å². The highest BCUT2D eigenvalue weighted by Gasteiger charge is 2.30. The van der Waals surface area contributed by atoms with Crippen LogP contribution in [0.5, 0.6) is 0 Å². The van der Waals surface area contributed by atoms with Gasteiger partial charge in [0.2, 0.25) is 0 Å². The summed E-state index contributed by atoms with van der Waals surface area (Å²) in [6.45, 7) is -0.260. The second-order valence-corrected chi connectivity index (χ2v) is 7.66. The van der Waals surface area contributed by atoms with Crippen LogP contribution >= 0.6 is 22.6 Å². The summed E-state index contributed by atoms with van der Waals surface area (Å²) in [5.41, 5.74) is 3.28. The number of benzene rings is 1. The van der Waals surface area contributed by atoms with Gasteiger partial charge < -0.3 is 10.6 Å². The van der Waals surface area contributed by atoms with Crippen LogP contribution in [0, 0.1) is 20.2 Å². The molecule has 0 aliphatic heterocycles. The van der Waals surface area contributed by atoms with Crippen molar-refractivity contribution in [2.75, 3.05) is 35.3 Å². The molecule has 0 heterocycles. The van der Waals surface area contributed by atoms with Crippen LogP contribution in [0.3, 0.4) is 0 Å². The topological polar surface area (TPSA) is 176 Å². The molecule has 2 N–H and O–H groups in total. The first kappa shape index (κ1) is 22.0. The number of carbonyl (C=O) groups is 1. The Bertz CT molecular complexity index is 794. The number of nitro benzene ring substituents is 2. The van der Waals surface area contributed by atoms with Gasteiger partial charge in [-0.25, -0.2) is 0 Å². The predicted molar refractivity (Wildman–Crippen MR) is 100 cm³/mol. The number of non-ortho nitro benzene ring substituents is 1. The molecule has 12 nitrogen and oxygen atoms in total. The second kappa shape index (κ2) is 9.04. The van der Waals surface area contributed by atoms with E-state index in [1.54, 1.807) is 0 Å². The maximum absolute atomic E-state index is 11.7. The lowest BCUT2D eigenvalue weighted by molar-refractivity contribution is -0.393. The minimum absolute atomic E-state index is 0.116. The first-order valence-corrected chi connectivity index (χ1v) is 10.2. The molecule has 0 saturated carbocycles. The molecule has 0 atom stereocenters. The molecule has 0 radical (unpaired) electrons. The quantitative estimate of drug-likeness (QED) is 0.160. The van der Waals surface area contributed by atoms with Crippen molar-refractivity contribution < 1.29 is 27.2 Å². The van der Waals surface area contributed by atoms with Crippen LogP contribution in [0.1, 0.15) is 10.4 Å². The number of nitrogens with two attached hydrogens (primary N) is 1. The van der Waals surface area contributed by atoms with Crippen LogP contribution in [-0.4, -0.2) is 54.6 Å². The number of nitrogens with zero attached hydrogens (tertiary/aromatic N) is 3. The number of rotatable bonds is 10. The largest absolute Gasteiger partial charge is 0.366 e. The summed E-state index contributed by atoms with van der Waals surface area (Å²) in [7, 11) is -3.73. The molecule has 1 aromatic rings. The zero-order valence-corrected chi connectivity index (χ0v) is 16.4. The van der Waals surface area contributed by atoms with E-state index in [1.165, 1.54) is 4.90 Å². The van der Waals surface area contributed by atoms with Crippen LogP contribution in [-0.2, 0) is 14.3 Å². The Labute approximate surface area is 161 Å². The smallest absolute Gasteiger partial charge is 0.300 e. The van der Waals surface area contributed by atoms with E-state index in [2.05, 4.69) is 4.18 Å². The van der Waals surface area contributed by atoms with Crippen molar-refractivity contribution in [1.29, 1.82) is 0 Å². The van der Waals surface area contributed by atoms with Crippen molar-refractivity contribution in [3.05, 3.63) is 37.9 Å². The fourth-order valence-electron chi connectivity index (χ4n) is 2.11. The summed E-state index contributed by atoms with van der Waals surface area (Å²) in [6.07, 6.45) is 0.846. The molecule has 14 heteroatoms. The van der Waals surface area contributed by atoms with Crippen molar-refractivity contribution >= 4 is 55.7 Å². The second-order valence-electron chi connectivity index (χ2n) is 4.94. The van der Waals surface area contributed by atoms with Gasteiger partial charge in [0.1, 0.15) is 5.69 Å². The van der Waals surface area contributed by atoms with E-state index in [0.29, 0.717) is 4.43 Å². The molecule has 26 heavy (non-hydrogen) atoms. The maximum Gasteiger partial charge on any atom is 0.300 e. The number of nitro groups is 2. The molecule has 0 aromatic heterocycles. The SMILES string of the molecule is CS(=O)(=O)OCCN(CCI)c1c(C(N)=O)cc([N+](=O)[O-])cc1[N+](=O)[O-]. The summed E-state index contributed by atoms with van der Waals surface area (Å²) >= 11 is 1.98. The molecule has 0 unspecified atom stereocenters. The van der Waals surface area contributed by atoms with Gasteiger partial charge in [0, 0.05) is 23.6 Å². The van der Waals surface area contributed by atoms with Gasteiger partial charge >= 0.3 is 0 Å². The molecule has 0 saturated heterocycles. The first-order chi connectivity index (χ1) is 12.0. The van der Waals surface area contributed by atoms with Crippen LogP contribution in [0.4, 0.5) is 17.1 Å². The lowest BCUT2D eigenvalue weighted by Gasteiger charge is -2.25. The Kier molecular flexibility index (Phi) is 7.64. The molecular weight excluding hydrogens is 487 g/mol. The molecule has 1 amide bonds. The average molecular weight is 502 g/mol. The van der Waals surface area contributed by atoms with Crippen LogP contribution < -0.4 is 10.6 Å². The molecule has 0 aliphatic rings. The van der Waals surface area contributed by atoms with E-state index >= 15 is 0 Å². The molecular formula is C12H15IN4O8S. The molecule has 0 fully saturated rings. The van der Waals surface area contributed by atoms with E-state index < -0.39 is 42.8 Å². The van der Waals surface area contributed by atoms with Crippen molar-refractivity contribution in [3.8, 4) is 0 Å².